The Morgan fingerprint density at radius 2 is 1.80 bits per heavy atom. The highest BCUT2D eigenvalue weighted by atomic mass is 19.1. The highest BCUT2D eigenvalue weighted by molar-refractivity contribution is 5.96. The maximum absolute atomic E-state index is 14.1. The van der Waals surface area contributed by atoms with E-state index in [1.165, 1.54) is 11.8 Å². The third-order valence-corrected chi connectivity index (χ3v) is 8.52. The number of halogens is 2. The van der Waals surface area contributed by atoms with Gasteiger partial charge in [-0.2, -0.15) is 0 Å². The maximum Gasteiger partial charge on any atom is 0.249 e. The van der Waals surface area contributed by atoms with E-state index in [2.05, 4.69) is 16.0 Å². The quantitative estimate of drug-likeness (QED) is 0.235. The summed E-state index contributed by atoms with van der Waals surface area (Å²) in [6.07, 6.45) is -0.211. The van der Waals surface area contributed by atoms with Crippen molar-refractivity contribution in [1.82, 2.24) is 20.9 Å². The summed E-state index contributed by atoms with van der Waals surface area (Å²) < 4.78 is 28.2. The zero-order valence-corrected chi connectivity index (χ0v) is 25.6. The number of nitrogens with one attached hydrogen (secondary N) is 3. The van der Waals surface area contributed by atoms with E-state index in [-0.39, 0.29) is 55.6 Å². The van der Waals surface area contributed by atoms with Gasteiger partial charge in [-0.3, -0.25) is 14.4 Å². The Balaban J connectivity index is 1.63. The molecule has 0 aliphatic carbocycles. The average Bonchev–Trinajstić information content (AvgIpc) is 3.51. The van der Waals surface area contributed by atoms with Gasteiger partial charge in [-0.25, -0.2) is 8.78 Å². The summed E-state index contributed by atoms with van der Waals surface area (Å²) in [6.45, 7) is 5.81. The Labute approximate surface area is 257 Å². The number of carbonyl (C=O) groups is 3. The standard InChI is InChI=1S/C33H44F2N4O5/c1-20(2)18-33(38-21(3)40)11-12-39(32(33)44)29(10-9-22-7-5-4-6-8-22)31(43)37-28(30(42)27-17-26(41)19-36-27)15-23-13-24(34)16-25(35)14-23/h4-8,13-14,16,20,26-30,36,41-42H,9-12,15,17-19H2,1-3H3,(H,37,43)(H,38,40)/t26-,27+,28-,29-,30+,33-/m0/s1. The van der Waals surface area contributed by atoms with Crippen LogP contribution in [-0.4, -0.2) is 81.8 Å². The number of amides is 3. The first kappa shape index (κ1) is 33.5. The Morgan fingerprint density at radius 3 is 2.39 bits per heavy atom. The van der Waals surface area contributed by atoms with Gasteiger partial charge in [-0.05, 0) is 67.7 Å². The Kier molecular flexibility index (Phi) is 11.1. The van der Waals surface area contributed by atoms with Gasteiger partial charge in [-0.15, -0.1) is 0 Å². The van der Waals surface area contributed by atoms with E-state index in [0.717, 1.165) is 23.8 Å². The summed E-state index contributed by atoms with van der Waals surface area (Å²) >= 11 is 0. The van der Waals surface area contributed by atoms with Crippen molar-refractivity contribution in [3.8, 4) is 0 Å². The van der Waals surface area contributed by atoms with E-state index in [9.17, 15) is 33.4 Å². The second kappa shape index (κ2) is 14.6. The van der Waals surface area contributed by atoms with E-state index < -0.39 is 53.4 Å². The van der Waals surface area contributed by atoms with Crippen LogP contribution in [0.25, 0.3) is 0 Å². The second-order valence-corrected chi connectivity index (χ2v) is 12.6. The van der Waals surface area contributed by atoms with Crippen molar-refractivity contribution in [1.29, 1.82) is 0 Å². The fraction of sp³-hybridized carbons (Fsp3) is 0.545. The number of hydrogen-bond donors (Lipinski definition) is 5. The molecule has 2 heterocycles. The molecule has 9 nitrogen and oxygen atoms in total. The van der Waals surface area contributed by atoms with Crippen LogP contribution in [0.2, 0.25) is 0 Å². The molecule has 3 amide bonds. The zero-order chi connectivity index (χ0) is 32.0. The van der Waals surface area contributed by atoms with E-state index in [1.807, 2.05) is 44.2 Å². The fourth-order valence-electron chi connectivity index (χ4n) is 6.67. The summed E-state index contributed by atoms with van der Waals surface area (Å²) in [6, 6.07) is 10.1. The molecule has 2 saturated heterocycles. The number of benzene rings is 2. The molecule has 2 aliphatic heterocycles. The minimum atomic E-state index is -1.20. The molecule has 5 N–H and O–H groups in total. The van der Waals surface area contributed by atoms with Crippen molar-refractivity contribution >= 4 is 17.7 Å². The van der Waals surface area contributed by atoms with Gasteiger partial charge in [0, 0.05) is 32.1 Å². The van der Waals surface area contributed by atoms with Gasteiger partial charge in [0.1, 0.15) is 23.2 Å². The highest BCUT2D eigenvalue weighted by Gasteiger charge is 2.50. The first-order valence-corrected chi connectivity index (χ1v) is 15.4. The molecule has 0 spiro atoms. The van der Waals surface area contributed by atoms with E-state index in [4.69, 9.17) is 0 Å². The molecule has 6 atom stereocenters. The predicted octanol–water partition coefficient (Wildman–Crippen LogP) is 2.23. The molecule has 240 valence electrons. The third-order valence-electron chi connectivity index (χ3n) is 8.52. The lowest BCUT2D eigenvalue weighted by Gasteiger charge is -2.35. The lowest BCUT2D eigenvalue weighted by molar-refractivity contribution is -0.143. The highest BCUT2D eigenvalue weighted by Crippen LogP contribution is 2.32. The SMILES string of the molecule is CC(=O)N[C@]1(CC(C)C)CCN([C@@H](CCc2ccccc2)C(=O)N[C@@H](Cc2cc(F)cc(F)c2)[C@H](O)[C@H]2C[C@H](O)CN2)C1=O. The van der Waals surface area contributed by atoms with Gasteiger partial charge >= 0.3 is 0 Å². The number of rotatable bonds is 13. The van der Waals surface area contributed by atoms with Gasteiger partial charge in [0.05, 0.1) is 18.2 Å². The van der Waals surface area contributed by atoms with E-state index >= 15 is 0 Å². The van der Waals surface area contributed by atoms with Crippen molar-refractivity contribution in [2.75, 3.05) is 13.1 Å². The maximum atomic E-state index is 14.1. The monoisotopic (exact) mass is 614 g/mol. The summed E-state index contributed by atoms with van der Waals surface area (Å²) in [5, 5.41) is 30.2. The number of hydrogen-bond acceptors (Lipinski definition) is 6. The molecular formula is C33H44F2N4O5. The molecule has 4 rings (SSSR count). The fourth-order valence-corrected chi connectivity index (χ4v) is 6.67. The topological polar surface area (TPSA) is 131 Å². The van der Waals surface area contributed by atoms with Gasteiger partial charge in [-0.1, -0.05) is 44.2 Å². The van der Waals surface area contributed by atoms with Crippen molar-refractivity contribution in [3.63, 3.8) is 0 Å². The van der Waals surface area contributed by atoms with E-state index in [1.54, 1.807) is 0 Å². The van der Waals surface area contributed by atoms with Gasteiger partial charge in [0.2, 0.25) is 17.7 Å². The number of likely N-dealkylation sites (tertiary alicyclic amines) is 1. The molecule has 2 aliphatic rings. The Bertz CT molecular complexity index is 1290. The molecule has 2 aromatic rings. The first-order chi connectivity index (χ1) is 20.9. The number of aliphatic hydroxyl groups is 2. The molecule has 11 heteroatoms. The summed E-state index contributed by atoms with van der Waals surface area (Å²) in [7, 11) is 0. The van der Waals surface area contributed by atoms with E-state index in [0.29, 0.717) is 19.3 Å². The lowest BCUT2D eigenvalue weighted by atomic mass is 9.87. The number of nitrogens with zero attached hydrogens (tertiary/aromatic N) is 1. The normalized spacial score (nSPS) is 23.9. The van der Waals surface area contributed by atoms with Crippen molar-refractivity contribution < 1.29 is 33.4 Å². The molecule has 0 radical (unpaired) electrons. The summed E-state index contributed by atoms with van der Waals surface area (Å²) in [4.78, 5) is 41.9. The van der Waals surface area contributed by atoms with Crippen LogP contribution in [0.5, 0.6) is 0 Å². The van der Waals surface area contributed by atoms with Crippen LogP contribution >= 0.6 is 0 Å². The molecule has 0 aromatic heterocycles. The number of aliphatic hydroxyl groups excluding tert-OH is 2. The van der Waals surface area contributed by atoms with Crippen molar-refractivity contribution in [2.45, 2.75) is 95.2 Å². The van der Waals surface area contributed by atoms with Crippen LogP contribution in [0.3, 0.4) is 0 Å². The molecule has 0 bridgehead atoms. The van der Waals surface area contributed by atoms with Gasteiger partial charge < -0.3 is 31.1 Å². The molecule has 2 aromatic carbocycles. The van der Waals surface area contributed by atoms with Gasteiger partial charge in [0.15, 0.2) is 0 Å². The Morgan fingerprint density at radius 1 is 1.11 bits per heavy atom. The first-order valence-electron chi connectivity index (χ1n) is 15.4. The molecular weight excluding hydrogens is 570 g/mol. The minimum Gasteiger partial charge on any atom is -0.392 e. The summed E-state index contributed by atoms with van der Waals surface area (Å²) in [5.41, 5.74) is 0.0843. The number of carbonyl (C=O) groups excluding carboxylic acids is 3. The smallest absolute Gasteiger partial charge is 0.249 e. The second-order valence-electron chi connectivity index (χ2n) is 12.6. The van der Waals surface area contributed by atoms with Crippen LogP contribution in [0.1, 0.15) is 57.6 Å². The van der Waals surface area contributed by atoms with Crippen molar-refractivity contribution in [3.05, 3.63) is 71.3 Å². The minimum absolute atomic E-state index is 0.0849. The van der Waals surface area contributed by atoms with Crippen LogP contribution < -0.4 is 16.0 Å². The third kappa shape index (κ3) is 8.40. The average molecular weight is 615 g/mol. The number of aryl methyl sites for hydroxylation is 1. The van der Waals surface area contributed by atoms with Gasteiger partial charge in [0.25, 0.3) is 0 Å². The van der Waals surface area contributed by atoms with Crippen LogP contribution in [0.4, 0.5) is 8.78 Å². The Hall–Kier alpha value is -3.41. The molecule has 44 heavy (non-hydrogen) atoms. The van der Waals surface area contributed by atoms with Crippen LogP contribution in [0.15, 0.2) is 48.5 Å². The van der Waals surface area contributed by atoms with Crippen LogP contribution in [0, 0.1) is 17.6 Å². The lowest BCUT2D eigenvalue weighted by Crippen LogP contribution is -2.59. The summed E-state index contributed by atoms with van der Waals surface area (Å²) in [5.74, 6) is -2.64. The largest absolute Gasteiger partial charge is 0.392 e. The van der Waals surface area contributed by atoms with Crippen molar-refractivity contribution in [2.24, 2.45) is 5.92 Å². The predicted molar refractivity (Wildman–Crippen MR) is 161 cm³/mol. The van der Waals surface area contributed by atoms with Crippen LogP contribution in [-0.2, 0) is 27.2 Å². The molecule has 2 fully saturated rings. The molecule has 0 unspecified atom stereocenters. The zero-order valence-electron chi connectivity index (χ0n) is 25.6. The number of β-amino-alcohol motifs (C(OH)–C–C–N with tert-alkyl or cyclic N) is 1. The molecule has 0 saturated carbocycles.